The lowest BCUT2D eigenvalue weighted by Gasteiger charge is -2.23. The Bertz CT molecular complexity index is 537. The van der Waals surface area contributed by atoms with E-state index in [-0.39, 0.29) is 17.5 Å². The Labute approximate surface area is 127 Å². The number of hydrogen-bond acceptors (Lipinski definition) is 4. The van der Waals surface area contributed by atoms with Crippen LogP contribution in [0.5, 0.6) is 0 Å². The van der Waals surface area contributed by atoms with Gasteiger partial charge in [-0.05, 0) is 57.0 Å². The van der Waals surface area contributed by atoms with Crippen molar-refractivity contribution < 1.29 is 13.5 Å². The molecule has 1 atom stereocenters. The minimum atomic E-state index is -3.46. The molecule has 0 aromatic heterocycles. The van der Waals surface area contributed by atoms with Crippen LogP contribution in [0.3, 0.4) is 0 Å². The molecule has 1 aliphatic rings. The summed E-state index contributed by atoms with van der Waals surface area (Å²) in [6, 6.07) is 6.89. The van der Waals surface area contributed by atoms with E-state index in [1.807, 2.05) is 0 Å². The fraction of sp³-hybridized carbons (Fsp3) is 0.600. The van der Waals surface area contributed by atoms with Crippen LogP contribution >= 0.6 is 0 Å². The smallest absolute Gasteiger partial charge is 0.240 e. The van der Waals surface area contributed by atoms with E-state index in [0.29, 0.717) is 13.0 Å². The van der Waals surface area contributed by atoms with Gasteiger partial charge in [0.25, 0.3) is 0 Å². The van der Waals surface area contributed by atoms with Gasteiger partial charge in [-0.25, -0.2) is 13.1 Å². The van der Waals surface area contributed by atoms with Crippen molar-refractivity contribution in [3.8, 4) is 0 Å². The zero-order chi connectivity index (χ0) is 15.3. The maximum absolute atomic E-state index is 12.2. The van der Waals surface area contributed by atoms with Crippen molar-refractivity contribution in [2.75, 3.05) is 26.2 Å². The molecule has 1 aliphatic heterocycles. The molecule has 0 saturated carbocycles. The lowest BCUT2D eigenvalue weighted by molar-refractivity contribution is 0.260. The number of likely N-dealkylation sites (tertiary alicyclic amines) is 1. The van der Waals surface area contributed by atoms with Crippen LogP contribution < -0.4 is 4.72 Å². The molecule has 1 aromatic carbocycles. The predicted molar refractivity (Wildman–Crippen MR) is 82.7 cm³/mol. The lowest BCUT2D eigenvalue weighted by atomic mass is 10.2. The van der Waals surface area contributed by atoms with E-state index >= 15 is 0 Å². The Morgan fingerprint density at radius 2 is 1.86 bits per heavy atom. The Balaban J connectivity index is 1.94. The third kappa shape index (κ3) is 4.51. The summed E-state index contributed by atoms with van der Waals surface area (Å²) in [4.78, 5) is 2.59. The van der Waals surface area contributed by atoms with Crippen LogP contribution in [0.4, 0.5) is 0 Å². The van der Waals surface area contributed by atoms with Gasteiger partial charge in [0.1, 0.15) is 0 Å². The van der Waals surface area contributed by atoms with Crippen molar-refractivity contribution >= 4 is 10.0 Å². The fourth-order valence-electron chi connectivity index (χ4n) is 2.59. The SMILES string of the molecule is CC(CNS(=O)(=O)c1ccc(CCO)cc1)N1CCCC1. The first-order valence-electron chi connectivity index (χ1n) is 7.46. The highest BCUT2D eigenvalue weighted by atomic mass is 32.2. The summed E-state index contributed by atoms with van der Waals surface area (Å²) in [6.45, 7) is 4.66. The molecule has 1 unspecified atom stereocenters. The van der Waals surface area contributed by atoms with Gasteiger partial charge in [-0.2, -0.15) is 0 Å². The van der Waals surface area contributed by atoms with Gasteiger partial charge >= 0.3 is 0 Å². The number of aliphatic hydroxyl groups excluding tert-OH is 1. The Kier molecular flexibility index (Phi) is 5.75. The third-order valence-corrected chi connectivity index (χ3v) is 5.41. The largest absolute Gasteiger partial charge is 0.396 e. The van der Waals surface area contributed by atoms with Gasteiger partial charge in [-0.15, -0.1) is 0 Å². The molecular weight excluding hydrogens is 288 g/mol. The molecule has 0 amide bonds. The highest BCUT2D eigenvalue weighted by Crippen LogP contribution is 2.13. The van der Waals surface area contributed by atoms with E-state index in [1.165, 1.54) is 12.8 Å². The number of nitrogens with zero attached hydrogens (tertiary/aromatic N) is 1. The summed E-state index contributed by atoms with van der Waals surface area (Å²) in [5.74, 6) is 0. The van der Waals surface area contributed by atoms with Crippen molar-refractivity contribution in [1.82, 2.24) is 9.62 Å². The maximum Gasteiger partial charge on any atom is 0.240 e. The molecule has 1 fully saturated rings. The minimum Gasteiger partial charge on any atom is -0.396 e. The van der Waals surface area contributed by atoms with Gasteiger partial charge in [0, 0.05) is 19.2 Å². The van der Waals surface area contributed by atoms with Gasteiger partial charge in [-0.3, -0.25) is 4.90 Å². The number of sulfonamides is 1. The van der Waals surface area contributed by atoms with Crippen LogP contribution in [0.1, 0.15) is 25.3 Å². The fourth-order valence-corrected chi connectivity index (χ4v) is 3.71. The molecule has 0 aliphatic carbocycles. The van der Waals surface area contributed by atoms with E-state index in [1.54, 1.807) is 24.3 Å². The standard InChI is InChI=1S/C15H24N2O3S/c1-13(17-9-2-3-10-17)12-16-21(19,20)15-6-4-14(5-7-15)8-11-18/h4-7,13,16,18H,2-3,8-12H2,1H3. The van der Waals surface area contributed by atoms with Crippen LogP contribution in [-0.2, 0) is 16.4 Å². The van der Waals surface area contributed by atoms with Crippen molar-refractivity contribution in [3.63, 3.8) is 0 Å². The van der Waals surface area contributed by atoms with Crippen molar-refractivity contribution in [1.29, 1.82) is 0 Å². The van der Waals surface area contributed by atoms with Gasteiger partial charge < -0.3 is 5.11 Å². The van der Waals surface area contributed by atoms with Crippen LogP contribution in [0.15, 0.2) is 29.2 Å². The summed E-state index contributed by atoms with van der Waals surface area (Å²) in [5.41, 5.74) is 0.932. The van der Waals surface area contributed by atoms with E-state index in [4.69, 9.17) is 5.11 Å². The van der Waals surface area contributed by atoms with E-state index in [2.05, 4.69) is 16.5 Å². The molecule has 2 rings (SSSR count). The van der Waals surface area contributed by atoms with Crippen LogP contribution in [0.2, 0.25) is 0 Å². The lowest BCUT2D eigenvalue weighted by Crippen LogP contribution is -2.40. The number of hydrogen-bond donors (Lipinski definition) is 2. The first kappa shape index (κ1) is 16.4. The Morgan fingerprint density at radius 1 is 1.24 bits per heavy atom. The molecule has 21 heavy (non-hydrogen) atoms. The van der Waals surface area contributed by atoms with Gasteiger partial charge in [0.2, 0.25) is 10.0 Å². The minimum absolute atomic E-state index is 0.0672. The molecular formula is C15H24N2O3S. The summed E-state index contributed by atoms with van der Waals surface area (Å²) in [5, 5.41) is 8.86. The molecule has 1 saturated heterocycles. The second kappa shape index (κ2) is 7.35. The van der Waals surface area contributed by atoms with Gasteiger partial charge in [0.15, 0.2) is 0 Å². The molecule has 0 radical (unpaired) electrons. The van der Waals surface area contributed by atoms with Gasteiger partial charge in [-0.1, -0.05) is 12.1 Å². The summed E-state index contributed by atoms with van der Waals surface area (Å²) < 4.78 is 27.2. The number of rotatable bonds is 7. The molecule has 1 heterocycles. The first-order chi connectivity index (χ1) is 10.0. The average Bonchev–Trinajstić information content (AvgIpc) is 3.00. The normalized spacial score (nSPS) is 18.0. The molecule has 1 aromatic rings. The molecule has 0 bridgehead atoms. The zero-order valence-electron chi connectivity index (χ0n) is 12.5. The predicted octanol–water partition coefficient (Wildman–Crippen LogP) is 0.984. The second-order valence-electron chi connectivity index (χ2n) is 5.56. The van der Waals surface area contributed by atoms with Crippen LogP contribution in [0.25, 0.3) is 0 Å². The van der Waals surface area contributed by atoms with Crippen molar-refractivity contribution in [3.05, 3.63) is 29.8 Å². The maximum atomic E-state index is 12.2. The van der Waals surface area contributed by atoms with Crippen LogP contribution in [0, 0.1) is 0 Å². The Morgan fingerprint density at radius 3 is 2.43 bits per heavy atom. The molecule has 6 heteroatoms. The van der Waals surface area contributed by atoms with E-state index < -0.39 is 10.0 Å². The summed E-state index contributed by atoms with van der Waals surface area (Å²) >= 11 is 0. The second-order valence-corrected chi connectivity index (χ2v) is 7.33. The zero-order valence-corrected chi connectivity index (χ0v) is 13.3. The monoisotopic (exact) mass is 312 g/mol. The number of nitrogens with one attached hydrogen (secondary N) is 1. The van der Waals surface area contributed by atoms with Crippen molar-refractivity contribution in [2.24, 2.45) is 0 Å². The quantitative estimate of drug-likeness (QED) is 0.787. The molecule has 2 N–H and O–H groups in total. The number of benzene rings is 1. The topological polar surface area (TPSA) is 69.6 Å². The average molecular weight is 312 g/mol. The highest BCUT2D eigenvalue weighted by Gasteiger charge is 2.20. The summed E-state index contributed by atoms with van der Waals surface area (Å²) in [7, 11) is -3.46. The van der Waals surface area contributed by atoms with Crippen molar-refractivity contribution in [2.45, 2.75) is 37.1 Å². The highest BCUT2D eigenvalue weighted by molar-refractivity contribution is 7.89. The molecule has 5 nitrogen and oxygen atoms in total. The number of aliphatic hydroxyl groups is 1. The third-order valence-electron chi connectivity index (χ3n) is 3.97. The van der Waals surface area contributed by atoms with E-state index in [0.717, 1.165) is 18.7 Å². The van der Waals surface area contributed by atoms with E-state index in [9.17, 15) is 8.42 Å². The van der Waals surface area contributed by atoms with Crippen LogP contribution in [-0.4, -0.2) is 50.7 Å². The first-order valence-corrected chi connectivity index (χ1v) is 8.95. The summed E-state index contributed by atoms with van der Waals surface area (Å²) in [6.07, 6.45) is 2.94. The van der Waals surface area contributed by atoms with Gasteiger partial charge in [0.05, 0.1) is 4.90 Å². The molecule has 0 spiro atoms. The molecule has 118 valence electrons. The Hall–Kier alpha value is -0.950.